The number of hydrogen-bond donors (Lipinski definition) is 1. The summed E-state index contributed by atoms with van der Waals surface area (Å²) >= 11 is 0. The summed E-state index contributed by atoms with van der Waals surface area (Å²) in [4.78, 5) is 24.3. The third-order valence-corrected chi connectivity index (χ3v) is 4.40. The van der Waals surface area contributed by atoms with Gasteiger partial charge in [-0.25, -0.2) is 13.9 Å². The maximum absolute atomic E-state index is 14.2. The summed E-state index contributed by atoms with van der Waals surface area (Å²) in [6, 6.07) is 6.14. The van der Waals surface area contributed by atoms with Crippen LogP contribution in [0.5, 0.6) is 0 Å². The van der Waals surface area contributed by atoms with E-state index in [2.05, 4.69) is 5.10 Å². The molecule has 1 fully saturated rings. The van der Waals surface area contributed by atoms with Crippen molar-refractivity contribution in [2.45, 2.75) is 25.2 Å². The molecule has 0 saturated carbocycles. The summed E-state index contributed by atoms with van der Waals surface area (Å²) in [6.07, 6.45) is -4.61. The maximum Gasteiger partial charge on any atom is 0.434 e. The highest BCUT2D eigenvalue weighted by Gasteiger charge is 2.49. The average molecular weight is 385 g/mol. The Morgan fingerprint density at radius 3 is 2.56 bits per heavy atom. The molecule has 0 aliphatic carbocycles. The summed E-state index contributed by atoms with van der Waals surface area (Å²) in [5, 5.41) is 12.6. The first-order valence-electron chi connectivity index (χ1n) is 7.97. The van der Waals surface area contributed by atoms with Gasteiger partial charge >= 0.3 is 12.1 Å². The van der Waals surface area contributed by atoms with Gasteiger partial charge in [0.15, 0.2) is 5.69 Å². The highest BCUT2D eigenvalue weighted by Crippen LogP contribution is 2.35. The molecular weight excluding hydrogens is 370 g/mol. The molecule has 0 radical (unpaired) electrons. The monoisotopic (exact) mass is 385 g/mol. The number of alkyl halides is 4. The quantitative estimate of drug-likeness (QED) is 0.825. The number of halogens is 4. The summed E-state index contributed by atoms with van der Waals surface area (Å²) < 4.78 is 55.7. The number of carboxylic acid groups (broad SMARTS) is 1. The Kier molecular flexibility index (Phi) is 4.44. The molecule has 144 valence electrons. The fourth-order valence-corrected chi connectivity index (χ4v) is 3.02. The summed E-state index contributed by atoms with van der Waals surface area (Å²) in [5.41, 5.74) is -3.88. The van der Waals surface area contributed by atoms with Gasteiger partial charge in [0, 0.05) is 13.0 Å². The molecule has 3 rings (SSSR count). The van der Waals surface area contributed by atoms with Crippen LogP contribution in [0.3, 0.4) is 0 Å². The van der Waals surface area contributed by atoms with Gasteiger partial charge in [0.25, 0.3) is 5.91 Å². The van der Waals surface area contributed by atoms with E-state index in [1.807, 2.05) is 0 Å². The van der Waals surface area contributed by atoms with Crippen LogP contribution in [0.25, 0.3) is 5.69 Å². The maximum atomic E-state index is 14.2. The lowest BCUT2D eigenvalue weighted by Crippen LogP contribution is -2.39. The van der Waals surface area contributed by atoms with Crippen molar-refractivity contribution >= 4 is 11.9 Å². The molecule has 2 aromatic rings. The Labute approximate surface area is 151 Å². The first-order valence-corrected chi connectivity index (χ1v) is 7.97. The number of likely N-dealkylation sites (tertiary alicyclic amines) is 1. The highest BCUT2D eigenvalue weighted by molar-refractivity contribution is 5.96. The van der Waals surface area contributed by atoms with E-state index in [9.17, 15) is 27.2 Å². The molecule has 1 aromatic carbocycles. The zero-order chi connectivity index (χ0) is 20.0. The molecule has 27 heavy (non-hydrogen) atoms. The van der Waals surface area contributed by atoms with Crippen molar-refractivity contribution in [3.63, 3.8) is 0 Å². The number of amides is 1. The van der Waals surface area contributed by atoms with E-state index in [1.54, 1.807) is 19.1 Å². The Bertz CT molecular complexity index is 909. The Morgan fingerprint density at radius 1 is 1.30 bits per heavy atom. The van der Waals surface area contributed by atoms with E-state index in [0.717, 1.165) is 11.1 Å². The molecule has 1 unspecified atom stereocenters. The topological polar surface area (TPSA) is 75.4 Å². The van der Waals surface area contributed by atoms with Crippen molar-refractivity contribution in [2.24, 2.45) is 0 Å². The molecule has 1 amide bonds. The fourth-order valence-electron chi connectivity index (χ4n) is 3.02. The first-order chi connectivity index (χ1) is 12.5. The van der Waals surface area contributed by atoms with Gasteiger partial charge in [-0.3, -0.25) is 4.79 Å². The van der Waals surface area contributed by atoms with Crippen molar-refractivity contribution in [2.75, 3.05) is 13.1 Å². The number of carbonyl (C=O) groups excluding carboxylic acids is 1. The Balaban J connectivity index is 2.02. The predicted octanol–water partition coefficient (Wildman–Crippen LogP) is 2.84. The molecule has 1 atom stereocenters. The van der Waals surface area contributed by atoms with E-state index in [0.29, 0.717) is 10.2 Å². The van der Waals surface area contributed by atoms with Crippen LogP contribution in [0.2, 0.25) is 0 Å². The van der Waals surface area contributed by atoms with Crippen molar-refractivity contribution in [1.29, 1.82) is 0 Å². The van der Waals surface area contributed by atoms with Crippen LogP contribution in [0, 0.1) is 6.92 Å². The average Bonchev–Trinajstić information content (AvgIpc) is 3.19. The second kappa shape index (κ2) is 6.36. The number of carboxylic acids is 1. The van der Waals surface area contributed by atoms with Gasteiger partial charge in [-0.15, -0.1) is 0 Å². The second-order valence-corrected chi connectivity index (χ2v) is 6.40. The molecule has 1 N–H and O–H groups in total. The number of benzene rings is 1. The Hall–Kier alpha value is -2.91. The molecule has 1 saturated heterocycles. The van der Waals surface area contributed by atoms with Gasteiger partial charge in [-0.05, 0) is 24.6 Å². The molecule has 0 bridgehead atoms. The third kappa shape index (κ3) is 3.38. The van der Waals surface area contributed by atoms with Crippen molar-refractivity contribution in [3.8, 4) is 5.69 Å². The van der Waals surface area contributed by atoms with Crippen LogP contribution in [0.1, 0.15) is 28.0 Å². The molecule has 6 nitrogen and oxygen atoms in total. The predicted molar refractivity (Wildman–Crippen MR) is 85.3 cm³/mol. The van der Waals surface area contributed by atoms with Gasteiger partial charge in [0.2, 0.25) is 5.67 Å². The van der Waals surface area contributed by atoms with E-state index >= 15 is 0 Å². The lowest BCUT2D eigenvalue weighted by Gasteiger charge is -2.19. The first kappa shape index (κ1) is 18.9. The third-order valence-electron chi connectivity index (χ3n) is 4.40. The lowest BCUT2D eigenvalue weighted by atomic mass is 10.1. The van der Waals surface area contributed by atoms with Gasteiger partial charge in [-0.2, -0.15) is 18.3 Å². The zero-order valence-corrected chi connectivity index (χ0v) is 14.1. The SMILES string of the molecule is Cc1cccc(-n2ncc(C(=O)N3CCC(F)(C(=O)O)C3)c2C(F)(F)F)c1. The van der Waals surface area contributed by atoms with Crippen LogP contribution in [-0.2, 0) is 11.0 Å². The van der Waals surface area contributed by atoms with E-state index in [-0.39, 0.29) is 12.2 Å². The second-order valence-electron chi connectivity index (χ2n) is 6.40. The minimum atomic E-state index is -4.90. The molecule has 2 heterocycles. The molecule has 10 heteroatoms. The summed E-state index contributed by atoms with van der Waals surface area (Å²) in [6.45, 7) is 0.589. The van der Waals surface area contributed by atoms with E-state index in [4.69, 9.17) is 5.11 Å². The lowest BCUT2D eigenvalue weighted by molar-refractivity contribution is -0.149. The van der Waals surface area contributed by atoms with Crippen molar-refractivity contribution < 1.29 is 32.3 Å². The molecule has 1 aromatic heterocycles. The number of aliphatic carboxylic acids is 1. The van der Waals surface area contributed by atoms with Crippen LogP contribution >= 0.6 is 0 Å². The van der Waals surface area contributed by atoms with Crippen molar-refractivity contribution in [3.05, 3.63) is 47.3 Å². The number of rotatable bonds is 3. The van der Waals surface area contributed by atoms with Crippen molar-refractivity contribution in [1.82, 2.24) is 14.7 Å². The number of nitrogens with zero attached hydrogens (tertiary/aromatic N) is 3. The number of aromatic nitrogens is 2. The number of hydrogen-bond acceptors (Lipinski definition) is 3. The smallest absolute Gasteiger partial charge is 0.434 e. The van der Waals surface area contributed by atoms with Gasteiger partial charge in [-0.1, -0.05) is 12.1 Å². The highest BCUT2D eigenvalue weighted by atomic mass is 19.4. The largest absolute Gasteiger partial charge is 0.479 e. The molecule has 0 spiro atoms. The van der Waals surface area contributed by atoms with E-state index < -0.39 is 47.9 Å². The van der Waals surface area contributed by atoms with Gasteiger partial charge in [0.05, 0.1) is 24.0 Å². The number of carbonyl (C=O) groups is 2. The van der Waals surface area contributed by atoms with Crippen LogP contribution in [0.15, 0.2) is 30.5 Å². The summed E-state index contributed by atoms with van der Waals surface area (Å²) in [5.74, 6) is -2.86. The standard InChI is InChI=1S/C17H15F4N3O3/c1-10-3-2-4-11(7-10)24-13(17(19,20)21)12(8-22-24)14(25)23-6-5-16(18,9-23)15(26)27/h2-4,7-8H,5-6,9H2,1H3,(H,26,27). The Morgan fingerprint density at radius 2 is 2.00 bits per heavy atom. The normalized spacial score (nSPS) is 20.1. The summed E-state index contributed by atoms with van der Waals surface area (Å²) in [7, 11) is 0. The molecular formula is C17H15F4N3O3. The van der Waals surface area contributed by atoms with Crippen LogP contribution in [-0.4, -0.2) is 50.4 Å². The van der Waals surface area contributed by atoms with E-state index in [1.165, 1.54) is 12.1 Å². The fraction of sp³-hybridized carbons (Fsp3) is 0.353. The minimum absolute atomic E-state index is 0.119. The van der Waals surface area contributed by atoms with Crippen LogP contribution < -0.4 is 0 Å². The molecule has 1 aliphatic heterocycles. The van der Waals surface area contributed by atoms with Crippen LogP contribution in [0.4, 0.5) is 17.6 Å². The van der Waals surface area contributed by atoms with Gasteiger partial charge in [0.1, 0.15) is 0 Å². The number of aryl methyl sites for hydroxylation is 1. The zero-order valence-electron chi connectivity index (χ0n) is 14.1. The minimum Gasteiger partial charge on any atom is -0.479 e. The van der Waals surface area contributed by atoms with Gasteiger partial charge < -0.3 is 10.0 Å². The molecule has 1 aliphatic rings.